The molecular weight excluding hydrogens is 709 g/mol. The number of fused-ring (bicyclic) bond motifs is 12. The van der Waals surface area contributed by atoms with Crippen LogP contribution in [0.1, 0.15) is 84.6 Å². The molecule has 304 valence electrons. The summed E-state index contributed by atoms with van der Waals surface area (Å²) in [4.78, 5) is 16.6. The number of carbonyl (C=O) groups is 1. The van der Waals surface area contributed by atoms with E-state index in [0.717, 1.165) is 88.9 Å². The van der Waals surface area contributed by atoms with Crippen LogP contribution in [0.2, 0.25) is 0 Å². The lowest BCUT2D eigenvalue weighted by Gasteiger charge is -2.29. The Labute approximate surface area is 334 Å². The molecule has 2 heterocycles. The summed E-state index contributed by atoms with van der Waals surface area (Å²) in [7, 11) is 0. The Kier molecular flexibility index (Phi) is 17.4. The summed E-state index contributed by atoms with van der Waals surface area (Å²) in [6.07, 6.45) is 14.6. The number of hydrogen-bond acceptors (Lipinski definition) is 9. The number of anilines is 1. The Morgan fingerprint density at radius 3 is 1.75 bits per heavy atom. The van der Waals surface area contributed by atoms with E-state index >= 15 is 0 Å². The number of ketones is 1. The van der Waals surface area contributed by atoms with E-state index in [2.05, 4.69) is 37.2 Å². The van der Waals surface area contributed by atoms with Gasteiger partial charge in [0.1, 0.15) is 56.8 Å². The van der Waals surface area contributed by atoms with Crippen LogP contribution >= 0.6 is 0 Å². The molecule has 2 aliphatic heterocycles. The average molecular weight is 772 g/mol. The molecule has 10 heteroatoms. The quantitative estimate of drug-likeness (QED) is 0.159. The van der Waals surface area contributed by atoms with Crippen LogP contribution in [0.4, 0.5) is 5.69 Å². The first-order chi connectivity index (χ1) is 27.5. The van der Waals surface area contributed by atoms with Gasteiger partial charge in [-0.05, 0) is 43.2 Å². The molecular formula is C46H63N2O8+. The fraction of sp³-hybridized carbons (Fsp3) is 0.522. The number of benzene rings is 2. The average Bonchev–Trinajstić information content (AvgIpc) is 3.21. The van der Waals surface area contributed by atoms with Crippen LogP contribution in [0.15, 0.2) is 83.4 Å². The van der Waals surface area contributed by atoms with Crippen molar-refractivity contribution in [2.24, 2.45) is 0 Å². The lowest BCUT2D eigenvalue weighted by molar-refractivity contribution is -0.527. The van der Waals surface area contributed by atoms with E-state index in [9.17, 15) is 9.90 Å². The monoisotopic (exact) mass is 771 g/mol. The zero-order valence-electron chi connectivity index (χ0n) is 34.1. The van der Waals surface area contributed by atoms with Crippen LogP contribution in [0, 0.1) is 0 Å². The number of aliphatic hydroxyl groups is 1. The Balaban J connectivity index is 1.51. The molecule has 2 aliphatic carbocycles. The highest BCUT2D eigenvalue weighted by Crippen LogP contribution is 2.44. The number of allylic oxidation sites excluding steroid dienone is 5. The van der Waals surface area contributed by atoms with Crippen LogP contribution in [-0.2, 0) is 19.0 Å². The first kappa shape index (κ1) is 42.6. The molecule has 6 rings (SSSR count). The van der Waals surface area contributed by atoms with E-state index in [1.807, 2.05) is 60.7 Å². The van der Waals surface area contributed by atoms with Gasteiger partial charge in [0.25, 0.3) is 0 Å². The highest BCUT2D eigenvalue weighted by atomic mass is 16.6. The molecule has 0 amide bonds. The van der Waals surface area contributed by atoms with Crippen molar-refractivity contribution >= 4 is 22.8 Å². The fourth-order valence-corrected chi connectivity index (χ4v) is 6.84. The number of unbranched alkanes of at least 4 members (excludes halogenated alkanes) is 4. The third kappa shape index (κ3) is 11.5. The normalized spacial score (nSPS) is 16.9. The number of nitrogens with zero attached hydrogens (tertiary/aromatic N) is 2. The smallest absolute Gasteiger partial charge is 0.203 e. The van der Waals surface area contributed by atoms with E-state index in [4.69, 9.17) is 28.4 Å². The number of carbonyl (C=O) groups excluding carboxylic acids is 1. The van der Waals surface area contributed by atoms with Crippen LogP contribution in [0.5, 0.6) is 17.2 Å². The van der Waals surface area contributed by atoms with Crippen LogP contribution in [-0.4, -0.2) is 100 Å². The number of hydrogen-bond donors (Lipinski definition) is 1. The second-order valence-corrected chi connectivity index (χ2v) is 14.2. The molecule has 0 spiro atoms. The summed E-state index contributed by atoms with van der Waals surface area (Å²) in [5.74, 6) is 2.03. The highest BCUT2D eigenvalue weighted by Gasteiger charge is 2.40. The Morgan fingerprint density at radius 1 is 0.643 bits per heavy atom. The van der Waals surface area contributed by atoms with Gasteiger partial charge < -0.3 is 38.4 Å². The summed E-state index contributed by atoms with van der Waals surface area (Å²) >= 11 is 0. The summed E-state index contributed by atoms with van der Waals surface area (Å²) in [5, 5.41) is 11.7. The maximum Gasteiger partial charge on any atom is 0.203 e. The fourth-order valence-electron chi connectivity index (χ4n) is 6.84. The number of ether oxygens (including phenoxy) is 6. The van der Waals surface area contributed by atoms with Gasteiger partial charge in [-0.2, -0.15) is 0 Å². The molecule has 56 heavy (non-hydrogen) atoms. The van der Waals surface area contributed by atoms with Crippen molar-refractivity contribution in [1.29, 1.82) is 0 Å². The summed E-state index contributed by atoms with van der Waals surface area (Å²) < 4.78 is 38.9. The van der Waals surface area contributed by atoms with Gasteiger partial charge in [-0.15, -0.1) is 0 Å². The van der Waals surface area contributed by atoms with Gasteiger partial charge in [0.2, 0.25) is 11.5 Å². The molecule has 0 saturated carbocycles. The highest BCUT2D eigenvalue weighted by molar-refractivity contribution is 6.40. The predicted molar refractivity (Wildman–Crippen MR) is 223 cm³/mol. The minimum atomic E-state index is -0.250. The second-order valence-electron chi connectivity index (χ2n) is 14.2. The van der Waals surface area contributed by atoms with Crippen molar-refractivity contribution in [2.45, 2.75) is 79.1 Å². The maximum absolute atomic E-state index is 14.2. The lowest BCUT2D eigenvalue weighted by Crippen LogP contribution is -2.27. The van der Waals surface area contributed by atoms with Crippen molar-refractivity contribution in [2.75, 3.05) is 83.9 Å². The first-order valence-corrected chi connectivity index (χ1v) is 20.9. The van der Waals surface area contributed by atoms with Gasteiger partial charge in [0.05, 0.1) is 43.6 Å². The Morgan fingerprint density at radius 2 is 1.20 bits per heavy atom. The summed E-state index contributed by atoms with van der Waals surface area (Å²) in [5.41, 5.74) is 3.65. The van der Waals surface area contributed by atoms with Crippen molar-refractivity contribution in [1.82, 2.24) is 0 Å². The van der Waals surface area contributed by atoms with Gasteiger partial charge in [-0.25, -0.2) is 4.58 Å². The molecule has 0 radical (unpaired) electrons. The molecule has 0 atom stereocenters. The SMILES string of the molecule is CCCCN(CCCC)c1ccc2c(c1)OCCOCCOc1ccccc1OCCOCCOC1=CC(=[N+](CCCC)CCCC)C=CC1=C1C(=O)C2=C1O. The van der Waals surface area contributed by atoms with E-state index < -0.39 is 0 Å². The largest absolute Gasteiger partial charge is 0.506 e. The molecule has 0 saturated heterocycles. The van der Waals surface area contributed by atoms with Crippen LogP contribution in [0.25, 0.3) is 5.57 Å². The van der Waals surface area contributed by atoms with Gasteiger partial charge in [-0.1, -0.05) is 65.5 Å². The molecule has 10 nitrogen and oxygen atoms in total. The van der Waals surface area contributed by atoms with Crippen LogP contribution < -0.4 is 19.1 Å². The molecule has 0 aromatic heterocycles. The molecule has 2 aromatic rings. The third-order valence-electron chi connectivity index (χ3n) is 10.0. The molecule has 2 bridgehead atoms. The summed E-state index contributed by atoms with van der Waals surface area (Å²) in [6.45, 7) is 15.0. The number of aliphatic hydroxyl groups excluding tert-OH is 1. The van der Waals surface area contributed by atoms with Crippen molar-refractivity contribution in [3.8, 4) is 17.2 Å². The zero-order chi connectivity index (χ0) is 39.5. The van der Waals surface area contributed by atoms with Gasteiger partial charge in [0.15, 0.2) is 11.5 Å². The standard InChI is InChI=1S/C46H62N2O8/c1-5-9-21-47(22-10-6-2)35-17-19-37-41(33-35)55-31-27-51-25-29-53-39-15-13-14-16-40(39)54-30-26-52-28-32-56-42-34-36(48(23-11-7-3)24-12-8-4)18-20-38(42)44-45(49)43(37)46(44)50/h13-20,33-34H,5-12,21-32H2,1-4H3/p+1. The molecule has 1 N–H and O–H groups in total. The van der Waals surface area contributed by atoms with E-state index in [-0.39, 0.29) is 35.9 Å². The number of Topliss-reactive ketones (excluding diaryl/α,β-unsaturated/α-hetero) is 1. The second kappa shape index (κ2) is 22.9. The Bertz CT molecular complexity index is 1740. The Hall–Kier alpha value is -4.54. The third-order valence-corrected chi connectivity index (χ3v) is 10.0. The minimum absolute atomic E-state index is 0.0624. The summed E-state index contributed by atoms with van der Waals surface area (Å²) in [6, 6.07) is 13.5. The molecule has 0 fully saturated rings. The van der Waals surface area contributed by atoms with Crippen molar-refractivity contribution in [3.63, 3.8) is 0 Å². The van der Waals surface area contributed by atoms with E-state index in [1.165, 1.54) is 0 Å². The topological polar surface area (TPSA) is 98.9 Å². The predicted octanol–water partition coefficient (Wildman–Crippen LogP) is 8.65. The van der Waals surface area contributed by atoms with Crippen molar-refractivity contribution in [3.05, 3.63) is 88.9 Å². The van der Waals surface area contributed by atoms with Crippen molar-refractivity contribution < 1.29 is 42.9 Å². The van der Waals surface area contributed by atoms with Crippen LogP contribution in [0.3, 0.4) is 0 Å². The molecule has 4 aliphatic rings. The lowest BCUT2D eigenvalue weighted by atomic mass is 9.79. The van der Waals surface area contributed by atoms with E-state index in [0.29, 0.717) is 73.8 Å². The minimum Gasteiger partial charge on any atom is -0.506 e. The molecule has 0 unspecified atom stereocenters. The van der Waals surface area contributed by atoms with Gasteiger partial charge in [-0.3, -0.25) is 4.79 Å². The zero-order valence-corrected chi connectivity index (χ0v) is 34.1. The van der Waals surface area contributed by atoms with Gasteiger partial charge in [0, 0.05) is 54.9 Å². The van der Waals surface area contributed by atoms with E-state index in [1.54, 1.807) is 0 Å². The molecule has 2 aromatic carbocycles. The first-order valence-electron chi connectivity index (χ1n) is 20.9. The number of rotatable bonds is 13. The number of para-hydroxylation sites is 2. The maximum atomic E-state index is 14.2. The van der Waals surface area contributed by atoms with Gasteiger partial charge >= 0.3 is 0 Å².